The fourth-order valence-corrected chi connectivity index (χ4v) is 3.62. The quantitative estimate of drug-likeness (QED) is 0.770. The van der Waals surface area contributed by atoms with Gasteiger partial charge in [-0.2, -0.15) is 0 Å². The van der Waals surface area contributed by atoms with Gasteiger partial charge in [-0.1, -0.05) is 31.8 Å². The normalized spacial score (nSPS) is 11.9. The Morgan fingerprint density at radius 2 is 1.79 bits per heavy atom. The number of halogens is 2. The molecular formula is C15H18F2OSi. The number of hydrogen-bond acceptors (Lipinski definition) is 1. The van der Waals surface area contributed by atoms with E-state index in [1.807, 2.05) is 13.0 Å². The predicted octanol–water partition coefficient (Wildman–Crippen LogP) is 4.06. The minimum Gasteiger partial charge on any atom is -0.494 e. The van der Waals surface area contributed by atoms with Crippen molar-refractivity contribution in [1.29, 1.82) is 0 Å². The lowest BCUT2D eigenvalue weighted by molar-refractivity contribution is 0.343. The van der Waals surface area contributed by atoms with E-state index < -0.39 is 19.7 Å². The van der Waals surface area contributed by atoms with Gasteiger partial charge in [-0.05, 0) is 29.6 Å². The van der Waals surface area contributed by atoms with Gasteiger partial charge in [-0.15, -0.1) is 0 Å². The van der Waals surface area contributed by atoms with E-state index in [1.54, 1.807) is 12.1 Å². The molecule has 0 saturated heterocycles. The van der Waals surface area contributed by atoms with Crippen LogP contribution < -0.4 is 9.92 Å². The van der Waals surface area contributed by atoms with E-state index in [0.717, 1.165) is 10.6 Å². The summed E-state index contributed by atoms with van der Waals surface area (Å²) < 4.78 is 32.7. The van der Waals surface area contributed by atoms with Crippen LogP contribution >= 0.6 is 0 Å². The molecule has 0 unspecified atom stereocenters. The highest BCUT2D eigenvalue weighted by atomic mass is 28.3. The molecule has 0 bridgehead atoms. The molecule has 0 fully saturated rings. The van der Waals surface area contributed by atoms with Gasteiger partial charge in [0.25, 0.3) is 0 Å². The first kappa shape index (κ1) is 14.0. The van der Waals surface area contributed by atoms with Crippen molar-refractivity contribution in [2.24, 2.45) is 0 Å². The lowest BCUT2D eigenvalue weighted by atomic mass is 10.1. The molecule has 0 aliphatic carbocycles. The molecule has 2 aromatic carbocycles. The lowest BCUT2D eigenvalue weighted by Gasteiger charge is -2.21. The Balaban J connectivity index is 2.76. The molecule has 0 spiro atoms. The average molecular weight is 280 g/mol. The number of hydrogen-bond donors (Lipinski definition) is 0. The molecule has 2 rings (SSSR count). The summed E-state index contributed by atoms with van der Waals surface area (Å²) in [7, 11) is -1.60. The van der Waals surface area contributed by atoms with Gasteiger partial charge in [0.2, 0.25) is 0 Å². The van der Waals surface area contributed by atoms with Crippen molar-refractivity contribution in [3.8, 4) is 5.75 Å². The zero-order valence-electron chi connectivity index (χ0n) is 11.7. The van der Waals surface area contributed by atoms with E-state index >= 15 is 0 Å². The van der Waals surface area contributed by atoms with E-state index in [0.29, 0.717) is 12.4 Å². The molecule has 4 heteroatoms. The largest absolute Gasteiger partial charge is 0.494 e. The van der Waals surface area contributed by atoms with Crippen molar-refractivity contribution in [2.45, 2.75) is 26.6 Å². The molecule has 102 valence electrons. The summed E-state index contributed by atoms with van der Waals surface area (Å²) >= 11 is 0. The molecule has 0 amide bonds. The minimum atomic E-state index is -1.60. The second-order valence-corrected chi connectivity index (χ2v) is 10.7. The first-order valence-corrected chi connectivity index (χ1v) is 9.89. The van der Waals surface area contributed by atoms with Gasteiger partial charge in [0, 0.05) is 5.39 Å². The third kappa shape index (κ3) is 2.63. The topological polar surface area (TPSA) is 9.23 Å². The number of rotatable bonds is 3. The van der Waals surface area contributed by atoms with E-state index in [4.69, 9.17) is 4.74 Å². The van der Waals surface area contributed by atoms with E-state index in [-0.39, 0.29) is 5.39 Å². The zero-order chi connectivity index (χ0) is 14.2. The van der Waals surface area contributed by atoms with Crippen LogP contribution in [0.15, 0.2) is 24.3 Å². The van der Waals surface area contributed by atoms with Crippen molar-refractivity contribution in [3.05, 3.63) is 35.9 Å². The molecular weight excluding hydrogens is 262 g/mol. The van der Waals surface area contributed by atoms with Crippen LogP contribution in [0.1, 0.15) is 6.92 Å². The minimum absolute atomic E-state index is 0.283. The summed E-state index contributed by atoms with van der Waals surface area (Å²) in [4.78, 5) is 0. The first-order chi connectivity index (χ1) is 8.84. The van der Waals surface area contributed by atoms with Crippen LogP contribution in [0.3, 0.4) is 0 Å². The van der Waals surface area contributed by atoms with Crippen LogP contribution in [0, 0.1) is 11.6 Å². The van der Waals surface area contributed by atoms with Crippen LogP contribution in [0.25, 0.3) is 10.8 Å². The van der Waals surface area contributed by atoms with Gasteiger partial charge in [-0.25, -0.2) is 8.78 Å². The maximum atomic E-state index is 13.8. The fraction of sp³-hybridized carbons (Fsp3) is 0.333. The zero-order valence-corrected chi connectivity index (χ0v) is 12.7. The molecule has 0 aromatic heterocycles. The van der Waals surface area contributed by atoms with Crippen molar-refractivity contribution in [1.82, 2.24) is 0 Å². The molecule has 0 atom stereocenters. The van der Waals surface area contributed by atoms with E-state index in [2.05, 4.69) is 19.6 Å². The van der Waals surface area contributed by atoms with Crippen molar-refractivity contribution >= 4 is 24.0 Å². The van der Waals surface area contributed by atoms with Gasteiger partial charge >= 0.3 is 0 Å². The predicted molar refractivity (Wildman–Crippen MR) is 78.0 cm³/mol. The second-order valence-electron chi connectivity index (χ2n) is 5.61. The summed E-state index contributed by atoms with van der Waals surface area (Å²) in [5, 5.41) is 2.14. The molecule has 0 radical (unpaired) electrons. The molecule has 0 aliphatic rings. The Morgan fingerprint density at radius 3 is 2.37 bits per heavy atom. The fourth-order valence-electron chi connectivity index (χ4n) is 2.15. The van der Waals surface area contributed by atoms with Crippen LogP contribution in [0.4, 0.5) is 8.78 Å². The molecule has 19 heavy (non-hydrogen) atoms. The Kier molecular flexibility index (Phi) is 3.63. The van der Waals surface area contributed by atoms with Crippen LogP contribution in [0.5, 0.6) is 5.75 Å². The monoisotopic (exact) mass is 280 g/mol. The number of benzene rings is 2. The Morgan fingerprint density at radius 1 is 1.11 bits per heavy atom. The standard InChI is InChI=1S/C15H18F2OSi/c1-5-18-13-9-11-10(6-7-12(16)15(11)17)8-14(13)19(2,3)4/h6-9H,5H2,1-4H3. The van der Waals surface area contributed by atoms with Crippen molar-refractivity contribution in [3.63, 3.8) is 0 Å². The van der Waals surface area contributed by atoms with E-state index in [1.165, 1.54) is 6.07 Å². The SMILES string of the molecule is CCOc1cc2c(F)c(F)ccc2cc1[Si](C)(C)C. The van der Waals surface area contributed by atoms with Crippen molar-refractivity contribution in [2.75, 3.05) is 6.61 Å². The summed E-state index contributed by atoms with van der Waals surface area (Å²) in [6, 6.07) is 6.36. The molecule has 0 heterocycles. The van der Waals surface area contributed by atoms with Gasteiger partial charge < -0.3 is 4.74 Å². The van der Waals surface area contributed by atoms with Gasteiger partial charge in [0.1, 0.15) is 5.75 Å². The van der Waals surface area contributed by atoms with Crippen molar-refractivity contribution < 1.29 is 13.5 Å². The molecule has 0 saturated carbocycles. The highest BCUT2D eigenvalue weighted by Gasteiger charge is 2.23. The van der Waals surface area contributed by atoms with Crippen LogP contribution in [0.2, 0.25) is 19.6 Å². The Hall–Kier alpha value is -1.42. The number of fused-ring (bicyclic) bond motifs is 1. The summed E-state index contributed by atoms with van der Waals surface area (Å²) in [6.45, 7) is 9.02. The molecule has 1 nitrogen and oxygen atoms in total. The summed E-state index contributed by atoms with van der Waals surface area (Å²) in [6.07, 6.45) is 0. The number of ether oxygens (including phenoxy) is 1. The van der Waals surface area contributed by atoms with Crippen LogP contribution in [-0.2, 0) is 0 Å². The highest BCUT2D eigenvalue weighted by Crippen LogP contribution is 2.26. The maximum Gasteiger partial charge on any atom is 0.166 e. The van der Waals surface area contributed by atoms with E-state index in [9.17, 15) is 8.78 Å². The maximum absolute atomic E-state index is 13.8. The summed E-state index contributed by atoms with van der Waals surface area (Å²) in [5.41, 5.74) is 0. The average Bonchev–Trinajstić information content (AvgIpc) is 2.33. The first-order valence-electron chi connectivity index (χ1n) is 6.39. The Labute approximate surface area is 113 Å². The smallest absolute Gasteiger partial charge is 0.166 e. The Bertz CT molecular complexity index is 618. The summed E-state index contributed by atoms with van der Waals surface area (Å²) in [5.74, 6) is -0.949. The third-order valence-corrected chi connectivity index (χ3v) is 5.12. The highest BCUT2D eigenvalue weighted by molar-refractivity contribution is 6.89. The van der Waals surface area contributed by atoms with Gasteiger partial charge in [-0.3, -0.25) is 0 Å². The lowest BCUT2D eigenvalue weighted by Crippen LogP contribution is -2.38. The third-order valence-electron chi connectivity index (χ3n) is 3.11. The second kappa shape index (κ2) is 4.93. The van der Waals surface area contributed by atoms with Gasteiger partial charge in [0.05, 0.1) is 14.7 Å². The van der Waals surface area contributed by atoms with Gasteiger partial charge in [0.15, 0.2) is 11.6 Å². The molecule has 2 aromatic rings. The van der Waals surface area contributed by atoms with Crippen LogP contribution in [-0.4, -0.2) is 14.7 Å². The molecule has 0 N–H and O–H groups in total. The molecule has 0 aliphatic heterocycles.